The standard InChI is InChI=1S/C7H13NO/c9-6-3-7(4-6)1-2-8-5-7/h6,8-9H,1-5H2/p+1. The van der Waals surface area contributed by atoms with Crippen LogP contribution in [-0.4, -0.2) is 24.3 Å². The van der Waals surface area contributed by atoms with E-state index < -0.39 is 0 Å². The normalized spacial score (nSPS) is 49.7. The Labute approximate surface area is 55.3 Å². The lowest BCUT2D eigenvalue weighted by molar-refractivity contribution is -0.642. The molecule has 2 heteroatoms. The van der Waals surface area contributed by atoms with Gasteiger partial charge in [-0.25, -0.2) is 0 Å². The molecule has 1 saturated carbocycles. The molecule has 1 aliphatic heterocycles. The van der Waals surface area contributed by atoms with Crippen LogP contribution in [0.25, 0.3) is 0 Å². The maximum absolute atomic E-state index is 9.06. The molecule has 0 aromatic carbocycles. The van der Waals surface area contributed by atoms with Gasteiger partial charge in [0.05, 0.1) is 19.2 Å². The van der Waals surface area contributed by atoms with Crippen molar-refractivity contribution < 1.29 is 10.4 Å². The van der Waals surface area contributed by atoms with Crippen molar-refractivity contribution in [3.8, 4) is 0 Å². The molecular weight excluding hydrogens is 114 g/mol. The maximum atomic E-state index is 9.06. The second-order valence-electron chi connectivity index (χ2n) is 3.59. The maximum Gasteiger partial charge on any atom is 0.0816 e. The summed E-state index contributed by atoms with van der Waals surface area (Å²) >= 11 is 0. The van der Waals surface area contributed by atoms with Crippen LogP contribution in [0, 0.1) is 5.41 Å². The van der Waals surface area contributed by atoms with Crippen molar-refractivity contribution in [3.63, 3.8) is 0 Å². The van der Waals surface area contributed by atoms with Crippen LogP contribution < -0.4 is 5.32 Å². The van der Waals surface area contributed by atoms with Crippen LogP contribution in [0.2, 0.25) is 0 Å². The Balaban J connectivity index is 1.95. The van der Waals surface area contributed by atoms with Gasteiger partial charge in [-0.1, -0.05) is 0 Å². The van der Waals surface area contributed by atoms with E-state index in [-0.39, 0.29) is 6.10 Å². The van der Waals surface area contributed by atoms with Gasteiger partial charge in [-0.05, 0) is 12.8 Å². The lowest BCUT2D eigenvalue weighted by atomic mass is 9.66. The van der Waals surface area contributed by atoms with Gasteiger partial charge >= 0.3 is 0 Å². The molecule has 1 aliphatic carbocycles. The molecule has 2 fully saturated rings. The fourth-order valence-electron chi connectivity index (χ4n) is 2.23. The minimum absolute atomic E-state index is 0.0384. The van der Waals surface area contributed by atoms with E-state index in [1.165, 1.54) is 19.5 Å². The Morgan fingerprint density at radius 2 is 2.22 bits per heavy atom. The van der Waals surface area contributed by atoms with Gasteiger partial charge in [0.15, 0.2) is 0 Å². The second-order valence-corrected chi connectivity index (χ2v) is 3.59. The van der Waals surface area contributed by atoms with Gasteiger partial charge in [0.25, 0.3) is 0 Å². The Kier molecular flexibility index (Phi) is 1.08. The Morgan fingerprint density at radius 3 is 2.67 bits per heavy atom. The van der Waals surface area contributed by atoms with Crippen LogP contribution in [0.4, 0.5) is 0 Å². The number of hydrogen-bond acceptors (Lipinski definition) is 1. The number of aliphatic hydroxyl groups excluding tert-OH is 1. The van der Waals surface area contributed by atoms with E-state index in [1.807, 2.05) is 0 Å². The molecule has 0 aromatic rings. The molecular formula is C7H14NO+. The molecule has 0 atom stereocenters. The first-order valence-electron chi connectivity index (χ1n) is 3.81. The third kappa shape index (κ3) is 0.775. The highest BCUT2D eigenvalue weighted by molar-refractivity contribution is 4.94. The minimum Gasteiger partial charge on any atom is -0.393 e. The van der Waals surface area contributed by atoms with Crippen molar-refractivity contribution in [1.29, 1.82) is 0 Å². The molecule has 1 heterocycles. The molecule has 0 unspecified atom stereocenters. The summed E-state index contributed by atoms with van der Waals surface area (Å²) in [5.41, 5.74) is 0.583. The van der Waals surface area contributed by atoms with Crippen LogP contribution >= 0.6 is 0 Å². The summed E-state index contributed by atoms with van der Waals surface area (Å²) in [5.74, 6) is 0. The molecule has 1 spiro atoms. The van der Waals surface area contributed by atoms with Crippen LogP contribution in [0.5, 0.6) is 0 Å². The van der Waals surface area contributed by atoms with E-state index in [0.29, 0.717) is 5.41 Å². The zero-order valence-corrected chi connectivity index (χ0v) is 5.64. The lowest BCUT2D eigenvalue weighted by Crippen LogP contribution is -2.82. The van der Waals surface area contributed by atoms with Gasteiger partial charge in [-0.15, -0.1) is 0 Å². The fourth-order valence-corrected chi connectivity index (χ4v) is 2.23. The van der Waals surface area contributed by atoms with E-state index in [4.69, 9.17) is 5.11 Å². The summed E-state index contributed by atoms with van der Waals surface area (Å²) in [5, 5.41) is 11.4. The summed E-state index contributed by atoms with van der Waals surface area (Å²) in [6.07, 6.45) is 3.52. The number of nitrogens with two attached hydrogens (primary N) is 1. The summed E-state index contributed by atoms with van der Waals surface area (Å²) in [4.78, 5) is 0. The van der Waals surface area contributed by atoms with Gasteiger partial charge in [0, 0.05) is 11.8 Å². The highest BCUT2D eigenvalue weighted by Gasteiger charge is 2.47. The van der Waals surface area contributed by atoms with E-state index >= 15 is 0 Å². The summed E-state index contributed by atoms with van der Waals surface area (Å²) in [6, 6.07) is 0. The third-order valence-corrected chi connectivity index (χ3v) is 2.79. The van der Waals surface area contributed by atoms with Crippen molar-refractivity contribution in [2.24, 2.45) is 5.41 Å². The molecule has 1 saturated heterocycles. The van der Waals surface area contributed by atoms with Crippen molar-refractivity contribution in [2.45, 2.75) is 25.4 Å². The molecule has 0 bridgehead atoms. The Bertz CT molecular complexity index is 110. The molecule has 3 N–H and O–H groups in total. The molecule has 2 rings (SSSR count). The Morgan fingerprint density at radius 1 is 1.44 bits per heavy atom. The fraction of sp³-hybridized carbons (Fsp3) is 1.00. The number of rotatable bonds is 0. The van der Waals surface area contributed by atoms with Crippen molar-refractivity contribution >= 4 is 0 Å². The number of aliphatic hydroxyl groups is 1. The highest BCUT2D eigenvalue weighted by Crippen LogP contribution is 2.43. The average molecular weight is 128 g/mol. The molecule has 0 radical (unpaired) electrons. The first kappa shape index (κ1) is 5.69. The predicted octanol–water partition coefficient (Wildman–Crippen LogP) is -0.905. The number of hydrogen-bond donors (Lipinski definition) is 2. The molecule has 9 heavy (non-hydrogen) atoms. The van der Waals surface area contributed by atoms with Gasteiger partial charge in [0.2, 0.25) is 0 Å². The van der Waals surface area contributed by atoms with Crippen molar-refractivity contribution in [2.75, 3.05) is 13.1 Å². The predicted molar refractivity (Wildman–Crippen MR) is 34.0 cm³/mol. The van der Waals surface area contributed by atoms with Gasteiger partial charge in [-0.3, -0.25) is 0 Å². The van der Waals surface area contributed by atoms with Gasteiger partial charge in [-0.2, -0.15) is 0 Å². The molecule has 52 valence electrons. The monoisotopic (exact) mass is 128 g/mol. The molecule has 2 nitrogen and oxygen atoms in total. The first-order valence-corrected chi connectivity index (χ1v) is 3.81. The summed E-state index contributed by atoms with van der Waals surface area (Å²) < 4.78 is 0. The summed E-state index contributed by atoms with van der Waals surface area (Å²) in [7, 11) is 0. The topological polar surface area (TPSA) is 36.8 Å². The lowest BCUT2D eigenvalue weighted by Gasteiger charge is -2.39. The van der Waals surface area contributed by atoms with Crippen LogP contribution in [0.3, 0.4) is 0 Å². The average Bonchev–Trinajstić information content (AvgIpc) is 2.12. The van der Waals surface area contributed by atoms with Gasteiger partial charge < -0.3 is 10.4 Å². The zero-order valence-electron chi connectivity index (χ0n) is 5.64. The smallest absolute Gasteiger partial charge is 0.0816 e. The quantitative estimate of drug-likeness (QED) is 0.435. The molecule has 0 aromatic heterocycles. The molecule has 2 aliphatic rings. The Hall–Kier alpha value is -0.0800. The van der Waals surface area contributed by atoms with Crippen LogP contribution in [-0.2, 0) is 0 Å². The van der Waals surface area contributed by atoms with Crippen LogP contribution in [0.1, 0.15) is 19.3 Å². The zero-order chi connectivity index (χ0) is 6.32. The SMILES string of the molecule is OC1CC2(CC[NH2+]C2)C1. The largest absolute Gasteiger partial charge is 0.393 e. The summed E-state index contributed by atoms with van der Waals surface area (Å²) in [6.45, 7) is 2.55. The first-order chi connectivity index (χ1) is 4.31. The van der Waals surface area contributed by atoms with Crippen molar-refractivity contribution in [1.82, 2.24) is 0 Å². The molecule has 0 amide bonds. The van der Waals surface area contributed by atoms with Gasteiger partial charge in [0.1, 0.15) is 0 Å². The van der Waals surface area contributed by atoms with E-state index in [1.54, 1.807) is 0 Å². The minimum atomic E-state index is 0.0384. The highest BCUT2D eigenvalue weighted by atomic mass is 16.3. The van der Waals surface area contributed by atoms with Crippen molar-refractivity contribution in [3.05, 3.63) is 0 Å². The second kappa shape index (κ2) is 1.70. The third-order valence-electron chi connectivity index (χ3n) is 2.79. The van der Waals surface area contributed by atoms with Crippen LogP contribution in [0.15, 0.2) is 0 Å². The number of quaternary nitrogens is 1. The van der Waals surface area contributed by atoms with E-state index in [0.717, 1.165) is 12.8 Å². The van der Waals surface area contributed by atoms with E-state index in [2.05, 4.69) is 5.32 Å². The van der Waals surface area contributed by atoms with E-state index in [9.17, 15) is 0 Å².